The minimum Gasteiger partial charge on any atom is -1.00 e. The maximum Gasteiger partial charge on any atom is -1.00 e. The third-order valence-corrected chi connectivity index (χ3v) is 16.6. The van der Waals surface area contributed by atoms with Crippen molar-refractivity contribution < 1.29 is 30.7 Å². The molecule has 0 radical (unpaired) electrons. The van der Waals surface area contributed by atoms with Crippen LogP contribution in [0, 0.1) is 23.7 Å². The second kappa shape index (κ2) is 8.30. The van der Waals surface area contributed by atoms with Crippen LogP contribution < -0.4 is 9.41 Å². The molecule has 130 valence electrons. The van der Waals surface area contributed by atoms with Crippen LogP contribution in [-0.2, 0) is 21.3 Å². The van der Waals surface area contributed by atoms with Crippen molar-refractivity contribution in [3.05, 3.63) is 48.6 Å². The van der Waals surface area contributed by atoms with Gasteiger partial charge in [-0.2, -0.15) is 0 Å². The average Bonchev–Trinajstić information content (AvgIpc) is 3.13. The predicted molar refractivity (Wildman–Crippen MR) is 92.8 cm³/mol. The first-order valence-electron chi connectivity index (χ1n) is 9.13. The van der Waals surface area contributed by atoms with E-state index in [1.165, 1.54) is 25.7 Å². The minimum absolute atomic E-state index is 0. The fraction of sp³-hybridized carbons (Fsp3) is 0.571. The zero-order valence-electron chi connectivity index (χ0n) is 14.7. The topological polar surface area (TPSA) is 0 Å². The Balaban J connectivity index is 0.00000104. The summed E-state index contributed by atoms with van der Waals surface area (Å²) < 4.78 is 4.02. The van der Waals surface area contributed by atoms with Crippen molar-refractivity contribution in [2.75, 3.05) is 0 Å². The zero-order valence-corrected chi connectivity index (χ0v) is 17.1. The van der Waals surface area contributed by atoms with Gasteiger partial charge < -0.3 is 9.41 Å². The summed E-state index contributed by atoms with van der Waals surface area (Å²) >= 11 is -1.55. The fourth-order valence-electron chi connectivity index (χ4n) is 5.65. The van der Waals surface area contributed by atoms with Crippen LogP contribution in [0.2, 0.25) is 7.25 Å². The molecule has 0 aromatic heterocycles. The van der Waals surface area contributed by atoms with Gasteiger partial charge in [0.2, 0.25) is 0 Å². The molecule has 24 heavy (non-hydrogen) atoms. The van der Waals surface area contributed by atoms with E-state index in [2.05, 4.69) is 62.5 Å². The molecule has 4 aliphatic rings. The number of hydrogen-bond acceptors (Lipinski definition) is 0. The second-order valence-corrected chi connectivity index (χ2v) is 16.2. The van der Waals surface area contributed by atoms with Gasteiger partial charge in [0.25, 0.3) is 0 Å². The Labute approximate surface area is 152 Å². The van der Waals surface area contributed by atoms with Gasteiger partial charge >= 0.3 is 144 Å². The Kier molecular flexibility index (Phi) is 6.88. The Hall–Kier alpha value is -0.427. The van der Waals surface area contributed by atoms with Crippen LogP contribution in [0.1, 0.15) is 39.5 Å². The molecule has 6 unspecified atom stereocenters. The number of allylic oxidation sites excluding steroid dienone is 8. The Morgan fingerprint density at radius 1 is 0.667 bits per heavy atom. The normalized spacial score (nSPS) is 37.7. The molecule has 3 heteroatoms. The molecule has 0 aromatic rings. The van der Waals surface area contributed by atoms with Crippen LogP contribution in [0.4, 0.5) is 0 Å². The van der Waals surface area contributed by atoms with Crippen LogP contribution in [-0.4, -0.2) is 3.21 Å². The molecule has 0 bridgehead atoms. The molecule has 0 aromatic carbocycles. The van der Waals surface area contributed by atoms with Gasteiger partial charge in [-0.05, 0) is 0 Å². The van der Waals surface area contributed by atoms with Crippen molar-refractivity contribution in [1.29, 1.82) is 0 Å². The monoisotopic (exact) mass is 408 g/mol. The predicted octanol–water partition coefficient (Wildman–Crippen LogP) is -0.294. The Bertz CT molecular complexity index is 549. The summed E-state index contributed by atoms with van der Waals surface area (Å²) in [5.74, 6) is 3.50. The molecule has 0 N–H and O–H groups in total. The SMILES string of the molecule is C[C](C)=[Zr+2]([CH]1CCC2C=CC=CC21)[CH]1CCC2C=CC=CC21.[F-].[F-]. The van der Waals surface area contributed by atoms with Crippen molar-refractivity contribution in [1.82, 2.24) is 0 Å². The summed E-state index contributed by atoms with van der Waals surface area (Å²) in [5, 5.41) is 0. The summed E-state index contributed by atoms with van der Waals surface area (Å²) in [5.41, 5.74) is 0. The molecule has 6 atom stereocenters. The van der Waals surface area contributed by atoms with Crippen molar-refractivity contribution in [2.45, 2.75) is 46.8 Å². The van der Waals surface area contributed by atoms with E-state index in [4.69, 9.17) is 0 Å². The van der Waals surface area contributed by atoms with E-state index in [9.17, 15) is 0 Å². The number of hydrogen-bond donors (Lipinski definition) is 0. The molecule has 4 aliphatic carbocycles. The van der Waals surface area contributed by atoms with Crippen LogP contribution in [0.15, 0.2) is 48.6 Å². The molecule has 0 nitrogen and oxygen atoms in total. The third-order valence-electron chi connectivity index (χ3n) is 6.52. The molecule has 2 fully saturated rings. The molecule has 0 aliphatic heterocycles. The van der Waals surface area contributed by atoms with E-state index < -0.39 is 21.3 Å². The maximum absolute atomic E-state index is 2.56. The molecule has 0 amide bonds. The van der Waals surface area contributed by atoms with E-state index in [-0.39, 0.29) is 9.41 Å². The van der Waals surface area contributed by atoms with Gasteiger partial charge in [-0.3, -0.25) is 0 Å². The first-order valence-corrected chi connectivity index (χ1v) is 13.2. The second-order valence-electron chi connectivity index (χ2n) is 7.85. The van der Waals surface area contributed by atoms with Crippen molar-refractivity contribution in [2.24, 2.45) is 23.7 Å². The molecular weight excluding hydrogens is 381 g/mol. The average molecular weight is 410 g/mol. The quantitative estimate of drug-likeness (QED) is 0.588. The van der Waals surface area contributed by atoms with Gasteiger partial charge in [0.05, 0.1) is 0 Å². The zero-order chi connectivity index (χ0) is 15.1. The first kappa shape index (κ1) is 19.9. The van der Waals surface area contributed by atoms with Crippen molar-refractivity contribution in [3.63, 3.8) is 0 Å². The van der Waals surface area contributed by atoms with E-state index >= 15 is 0 Å². The Morgan fingerprint density at radius 3 is 1.50 bits per heavy atom. The number of rotatable bonds is 2. The van der Waals surface area contributed by atoms with Gasteiger partial charge in [0.1, 0.15) is 0 Å². The molecule has 0 heterocycles. The van der Waals surface area contributed by atoms with Gasteiger partial charge in [0.15, 0.2) is 0 Å². The van der Waals surface area contributed by atoms with Crippen LogP contribution in [0.3, 0.4) is 0 Å². The summed E-state index contributed by atoms with van der Waals surface area (Å²) in [6, 6.07) is 0. The summed E-state index contributed by atoms with van der Waals surface area (Å²) in [6.07, 6.45) is 25.3. The summed E-state index contributed by atoms with van der Waals surface area (Å²) in [4.78, 5) is 0. The van der Waals surface area contributed by atoms with Gasteiger partial charge in [-0.1, -0.05) is 0 Å². The van der Waals surface area contributed by atoms with Crippen LogP contribution >= 0.6 is 0 Å². The van der Waals surface area contributed by atoms with E-state index in [1.54, 1.807) is 0 Å². The van der Waals surface area contributed by atoms with Gasteiger partial charge in [0, 0.05) is 0 Å². The van der Waals surface area contributed by atoms with Gasteiger partial charge in [-0.15, -0.1) is 0 Å². The molecule has 4 rings (SSSR count). The van der Waals surface area contributed by atoms with E-state index in [0.717, 1.165) is 30.9 Å². The van der Waals surface area contributed by atoms with Crippen LogP contribution in [0.25, 0.3) is 0 Å². The maximum atomic E-state index is 2.56. The van der Waals surface area contributed by atoms with Crippen molar-refractivity contribution >= 4 is 3.21 Å². The standard InChI is InChI=1S/2C9H11.C3H6.2FH.Zr/c2*1-2-5-9-7-3-6-8(9)4-1;1-3-2;;;/h2*1-2,4-6,8-9H,3,7H2;1-2H3;2*1H;/q;;;;;+2/p-2. The minimum atomic E-state index is -1.55. The van der Waals surface area contributed by atoms with E-state index in [1.807, 2.05) is 3.21 Å². The third kappa shape index (κ3) is 3.43. The molecule has 2 saturated carbocycles. The van der Waals surface area contributed by atoms with Crippen molar-refractivity contribution in [3.8, 4) is 0 Å². The van der Waals surface area contributed by atoms with Crippen LogP contribution in [0.5, 0.6) is 0 Å². The largest absolute Gasteiger partial charge is 1.00 e. The van der Waals surface area contributed by atoms with Gasteiger partial charge in [-0.25, -0.2) is 0 Å². The van der Waals surface area contributed by atoms with E-state index in [0.29, 0.717) is 0 Å². The summed E-state index contributed by atoms with van der Waals surface area (Å²) in [6.45, 7) is 4.97. The molecular formula is C21H28F2Zr. The summed E-state index contributed by atoms with van der Waals surface area (Å²) in [7, 11) is 0. The Morgan fingerprint density at radius 2 is 1.08 bits per heavy atom. The fourth-order valence-corrected chi connectivity index (χ4v) is 16.8. The first-order chi connectivity index (χ1) is 10.8. The smallest absolute Gasteiger partial charge is 1.00 e. The molecule has 0 saturated heterocycles. The number of fused-ring (bicyclic) bond motifs is 2. The molecule has 0 spiro atoms. The number of halogens is 2.